The molecule has 0 radical (unpaired) electrons. The minimum Gasteiger partial charge on any atom is -0.496 e. The molecule has 0 aromatic heterocycles. The molecular formula is C30H35ClN2O5. The van der Waals surface area contributed by atoms with E-state index in [1.807, 2.05) is 56.3 Å². The summed E-state index contributed by atoms with van der Waals surface area (Å²) in [6.07, 6.45) is 0.358. The summed E-state index contributed by atoms with van der Waals surface area (Å²) >= 11 is 6.08. The Hall–Kier alpha value is -3.71. The van der Waals surface area contributed by atoms with Crippen molar-refractivity contribution < 1.29 is 23.8 Å². The van der Waals surface area contributed by atoms with Crippen LogP contribution in [0.15, 0.2) is 72.8 Å². The number of rotatable bonds is 13. The fraction of sp³-hybridized carbons (Fsp3) is 0.333. The molecule has 0 unspecified atom stereocenters. The largest absolute Gasteiger partial charge is 0.496 e. The second-order valence-corrected chi connectivity index (χ2v) is 9.77. The molecule has 0 aliphatic rings. The Morgan fingerprint density at radius 3 is 2.05 bits per heavy atom. The van der Waals surface area contributed by atoms with E-state index >= 15 is 0 Å². The van der Waals surface area contributed by atoms with Gasteiger partial charge in [0.05, 0.1) is 14.2 Å². The van der Waals surface area contributed by atoms with Gasteiger partial charge in [-0.05, 0) is 29.2 Å². The molecule has 0 saturated carbocycles. The summed E-state index contributed by atoms with van der Waals surface area (Å²) in [5, 5.41) is 3.60. The minimum absolute atomic E-state index is 0.215. The van der Waals surface area contributed by atoms with Crippen molar-refractivity contribution in [3.63, 3.8) is 0 Å². The van der Waals surface area contributed by atoms with E-state index in [9.17, 15) is 9.59 Å². The number of nitrogens with zero attached hydrogens (tertiary/aromatic N) is 1. The van der Waals surface area contributed by atoms with Crippen molar-refractivity contribution in [1.29, 1.82) is 0 Å². The van der Waals surface area contributed by atoms with Crippen LogP contribution in [0.3, 0.4) is 0 Å². The number of carbonyl (C=O) groups excluding carboxylic acids is 2. The highest BCUT2D eigenvalue weighted by Crippen LogP contribution is 2.27. The average Bonchev–Trinajstić information content (AvgIpc) is 2.93. The molecule has 0 aliphatic heterocycles. The Labute approximate surface area is 229 Å². The van der Waals surface area contributed by atoms with E-state index in [2.05, 4.69) is 5.32 Å². The number of hydrogen-bond donors (Lipinski definition) is 1. The predicted octanol–water partition coefficient (Wildman–Crippen LogP) is 5.15. The van der Waals surface area contributed by atoms with Gasteiger partial charge >= 0.3 is 0 Å². The maximum Gasteiger partial charge on any atom is 0.261 e. The van der Waals surface area contributed by atoms with Crippen molar-refractivity contribution in [2.75, 3.05) is 27.4 Å². The van der Waals surface area contributed by atoms with Crippen LogP contribution in [0.5, 0.6) is 17.2 Å². The molecule has 0 saturated heterocycles. The normalized spacial score (nSPS) is 11.5. The first-order chi connectivity index (χ1) is 18.3. The van der Waals surface area contributed by atoms with Crippen LogP contribution in [-0.4, -0.2) is 50.1 Å². The predicted molar refractivity (Wildman–Crippen MR) is 149 cm³/mol. The molecule has 1 atom stereocenters. The summed E-state index contributed by atoms with van der Waals surface area (Å²) in [5.41, 5.74) is 1.80. The van der Waals surface area contributed by atoms with Gasteiger partial charge < -0.3 is 24.4 Å². The lowest BCUT2D eigenvalue weighted by Gasteiger charge is -2.31. The van der Waals surface area contributed by atoms with Crippen molar-refractivity contribution in [3.8, 4) is 17.2 Å². The fourth-order valence-corrected chi connectivity index (χ4v) is 3.98. The lowest BCUT2D eigenvalue weighted by molar-refractivity contribution is -0.142. The molecule has 0 heterocycles. The number of carbonyl (C=O) groups is 2. The molecule has 8 heteroatoms. The zero-order valence-corrected chi connectivity index (χ0v) is 23.0. The van der Waals surface area contributed by atoms with Crippen LogP contribution in [0.25, 0.3) is 0 Å². The Bertz CT molecular complexity index is 1160. The number of halogens is 1. The van der Waals surface area contributed by atoms with Gasteiger partial charge in [0, 0.05) is 42.7 Å². The standard InChI is InChI=1S/C30H35ClN2O5/c1-21(2)18-32-30(35)28(14-22-8-6-5-7-9-22)33(19-23-10-12-24(31)13-11-23)29(34)20-38-27-16-25(36-3)15-26(17-27)37-4/h5-13,15-17,21,28H,14,18-20H2,1-4H3,(H,32,35)/t28-/m0/s1. The second kappa shape index (κ2) is 14.3. The molecule has 3 aromatic rings. The van der Waals surface area contributed by atoms with Gasteiger partial charge in [0.25, 0.3) is 5.91 Å². The molecule has 38 heavy (non-hydrogen) atoms. The van der Waals surface area contributed by atoms with E-state index in [-0.39, 0.29) is 30.9 Å². The summed E-state index contributed by atoms with van der Waals surface area (Å²) < 4.78 is 16.5. The Morgan fingerprint density at radius 1 is 0.868 bits per heavy atom. The second-order valence-electron chi connectivity index (χ2n) is 9.33. The maximum absolute atomic E-state index is 13.7. The Morgan fingerprint density at radius 2 is 1.47 bits per heavy atom. The van der Waals surface area contributed by atoms with Gasteiger partial charge in [0.1, 0.15) is 23.3 Å². The number of methoxy groups -OCH3 is 2. The highest BCUT2D eigenvalue weighted by Gasteiger charge is 2.30. The SMILES string of the molecule is COc1cc(OC)cc(OCC(=O)N(Cc2ccc(Cl)cc2)[C@@H](Cc2ccccc2)C(=O)NCC(C)C)c1. The first-order valence-electron chi connectivity index (χ1n) is 12.5. The van der Waals surface area contributed by atoms with Gasteiger partial charge in [-0.1, -0.05) is 67.9 Å². The van der Waals surface area contributed by atoms with E-state index in [0.29, 0.717) is 35.2 Å². The Kier molecular flexibility index (Phi) is 10.8. The molecule has 0 spiro atoms. The van der Waals surface area contributed by atoms with Gasteiger partial charge in [0.15, 0.2) is 6.61 Å². The molecule has 7 nitrogen and oxygen atoms in total. The summed E-state index contributed by atoms with van der Waals surface area (Å²) in [7, 11) is 3.09. The van der Waals surface area contributed by atoms with Crippen LogP contribution < -0.4 is 19.5 Å². The van der Waals surface area contributed by atoms with Crippen LogP contribution in [0.1, 0.15) is 25.0 Å². The molecule has 1 N–H and O–H groups in total. The van der Waals surface area contributed by atoms with E-state index < -0.39 is 6.04 Å². The van der Waals surface area contributed by atoms with Gasteiger partial charge in [-0.3, -0.25) is 9.59 Å². The molecule has 2 amide bonds. The number of nitrogens with one attached hydrogen (secondary N) is 1. The Balaban J connectivity index is 1.91. The number of hydrogen-bond acceptors (Lipinski definition) is 5. The molecule has 0 aliphatic carbocycles. The molecule has 3 rings (SSSR count). The zero-order valence-electron chi connectivity index (χ0n) is 22.3. The summed E-state index contributed by atoms with van der Waals surface area (Å²) in [6, 6.07) is 21.2. The smallest absolute Gasteiger partial charge is 0.261 e. The zero-order chi connectivity index (χ0) is 27.5. The average molecular weight is 539 g/mol. The van der Waals surface area contributed by atoms with E-state index in [1.165, 1.54) is 0 Å². The first-order valence-corrected chi connectivity index (χ1v) is 12.9. The third kappa shape index (κ3) is 8.70. The number of amides is 2. The molecule has 0 bridgehead atoms. The molecular weight excluding hydrogens is 504 g/mol. The third-order valence-electron chi connectivity index (χ3n) is 5.91. The van der Waals surface area contributed by atoms with E-state index in [4.69, 9.17) is 25.8 Å². The lowest BCUT2D eigenvalue weighted by atomic mass is 10.0. The molecule has 0 fully saturated rings. The van der Waals surface area contributed by atoms with Gasteiger partial charge in [-0.15, -0.1) is 0 Å². The van der Waals surface area contributed by atoms with E-state index in [0.717, 1.165) is 11.1 Å². The number of benzene rings is 3. The topological polar surface area (TPSA) is 77.1 Å². The minimum atomic E-state index is -0.747. The van der Waals surface area contributed by atoms with Crippen molar-refractivity contribution in [2.45, 2.75) is 32.9 Å². The molecule has 3 aromatic carbocycles. The lowest BCUT2D eigenvalue weighted by Crippen LogP contribution is -2.52. The highest BCUT2D eigenvalue weighted by atomic mass is 35.5. The summed E-state index contributed by atoms with van der Waals surface area (Å²) in [6.45, 7) is 4.51. The van der Waals surface area contributed by atoms with Gasteiger partial charge in [-0.2, -0.15) is 0 Å². The summed E-state index contributed by atoms with van der Waals surface area (Å²) in [5.74, 6) is 1.22. The van der Waals surface area contributed by atoms with Crippen molar-refractivity contribution in [1.82, 2.24) is 10.2 Å². The number of ether oxygens (including phenoxy) is 3. The van der Waals surface area contributed by atoms with Gasteiger partial charge in [-0.25, -0.2) is 0 Å². The van der Waals surface area contributed by atoms with Crippen LogP contribution >= 0.6 is 11.6 Å². The van der Waals surface area contributed by atoms with Crippen molar-refractivity contribution in [3.05, 3.63) is 88.9 Å². The molecule has 202 valence electrons. The fourth-order valence-electron chi connectivity index (χ4n) is 3.86. The highest BCUT2D eigenvalue weighted by molar-refractivity contribution is 6.30. The van der Waals surface area contributed by atoms with E-state index in [1.54, 1.807) is 49.5 Å². The summed E-state index contributed by atoms with van der Waals surface area (Å²) in [4.78, 5) is 28.8. The third-order valence-corrected chi connectivity index (χ3v) is 6.16. The maximum atomic E-state index is 13.7. The van der Waals surface area contributed by atoms with Crippen molar-refractivity contribution >= 4 is 23.4 Å². The van der Waals surface area contributed by atoms with Crippen LogP contribution in [-0.2, 0) is 22.6 Å². The van der Waals surface area contributed by atoms with Crippen LogP contribution in [0.2, 0.25) is 5.02 Å². The first kappa shape index (κ1) is 28.9. The van der Waals surface area contributed by atoms with Crippen LogP contribution in [0.4, 0.5) is 0 Å². The van der Waals surface area contributed by atoms with Crippen LogP contribution in [0, 0.1) is 5.92 Å². The quantitative estimate of drug-likeness (QED) is 0.326. The van der Waals surface area contributed by atoms with Gasteiger partial charge in [0.2, 0.25) is 5.91 Å². The van der Waals surface area contributed by atoms with Crippen molar-refractivity contribution in [2.24, 2.45) is 5.92 Å². The monoisotopic (exact) mass is 538 g/mol.